The summed E-state index contributed by atoms with van der Waals surface area (Å²) in [7, 11) is 1.19. The fraction of sp³-hybridized carbons (Fsp3) is 0.217. The number of nitrogens with zero attached hydrogens (tertiary/aromatic N) is 2. The van der Waals surface area contributed by atoms with Gasteiger partial charge in [0.15, 0.2) is 11.5 Å². The molecule has 2 aromatic carbocycles. The van der Waals surface area contributed by atoms with Gasteiger partial charge in [-0.3, -0.25) is 19.3 Å². The first kappa shape index (κ1) is 22.9. The Hall–Kier alpha value is -3.77. The Bertz CT molecular complexity index is 1120. The van der Waals surface area contributed by atoms with Gasteiger partial charge < -0.3 is 14.2 Å². The van der Waals surface area contributed by atoms with Crippen LogP contribution >= 0.6 is 11.8 Å². The summed E-state index contributed by atoms with van der Waals surface area (Å²) < 4.78 is 16.1. The second kappa shape index (κ2) is 10.5. The number of ether oxygens (including phenoxy) is 3. The third-order valence-electron chi connectivity index (χ3n) is 4.47. The van der Waals surface area contributed by atoms with Crippen LogP contribution in [-0.2, 0) is 20.9 Å². The van der Waals surface area contributed by atoms with Gasteiger partial charge in [-0.05, 0) is 48.5 Å². The Balaban J connectivity index is 1.80. The van der Waals surface area contributed by atoms with Crippen LogP contribution in [0.25, 0.3) is 6.08 Å². The van der Waals surface area contributed by atoms with Crippen molar-refractivity contribution in [1.82, 2.24) is 4.90 Å². The minimum absolute atomic E-state index is 0.190. The van der Waals surface area contributed by atoms with Crippen molar-refractivity contribution in [3.8, 4) is 17.6 Å². The van der Waals surface area contributed by atoms with Gasteiger partial charge in [0.1, 0.15) is 13.2 Å². The molecule has 8 nitrogen and oxygen atoms in total. The summed E-state index contributed by atoms with van der Waals surface area (Å²) >= 11 is 0.752. The molecule has 32 heavy (non-hydrogen) atoms. The molecule has 0 unspecified atom stereocenters. The van der Waals surface area contributed by atoms with Gasteiger partial charge in [-0.15, -0.1) is 0 Å². The smallest absolute Gasteiger partial charge is 0.325 e. The van der Waals surface area contributed by atoms with Gasteiger partial charge >= 0.3 is 5.97 Å². The topological polar surface area (TPSA) is 106 Å². The van der Waals surface area contributed by atoms with Crippen molar-refractivity contribution in [3.63, 3.8) is 0 Å². The lowest BCUT2D eigenvalue weighted by molar-refractivity contribution is -0.143. The van der Waals surface area contributed by atoms with E-state index in [0.29, 0.717) is 29.2 Å². The summed E-state index contributed by atoms with van der Waals surface area (Å²) in [6.07, 6.45) is 1.56. The molecule has 0 saturated carbocycles. The maximum Gasteiger partial charge on any atom is 0.325 e. The van der Waals surface area contributed by atoms with Crippen molar-refractivity contribution in [1.29, 1.82) is 5.26 Å². The summed E-state index contributed by atoms with van der Waals surface area (Å²) in [5, 5.41) is 8.69. The zero-order chi connectivity index (χ0) is 23.1. The highest BCUT2D eigenvalue weighted by molar-refractivity contribution is 8.18. The number of hydrogen-bond donors (Lipinski definition) is 0. The van der Waals surface area contributed by atoms with Gasteiger partial charge in [0.2, 0.25) is 0 Å². The van der Waals surface area contributed by atoms with E-state index in [9.17, 15) is 19.6 Å². The maximum absolute atomic E-state index is 12.5. The first-order valence-electron chi connectivity index (χ1n) is 9.66. The second-order valence-electron chi connectivity index (χ2n) is 6.54. The van der Waals surface area contributed by atoms with Crippen LogP contribution in [0, 0.1) is 11.3 Å². The fourth-order valence-electron chi connectivity index (χ4n) is 2.89. The Morgan fingerprint density at radius 1 is 1.16 bits per heavy atom. The molecular formula is C23H20N2O6S. The van der Waals surface area contributed by atoms with Crippen LogP contribution < -0.4 is 9.47 Å². The van der Waals surface area contributed by atoms with Gasteiger partial charge in [-0.2, -0.15) is 5.26 Å². The summed E-state index contributed by atoms with van der Waals surface area (Å²) in [5.41, 5.74) is 1.91. The molecule has 0 N–H and O–H groups in total. The quantitative estimate of drug-likeness (QED) is 0.440. The van der Waals surface area contributed by atoms with Gasteiger partial charge in [0.25, 0.3) is 11.1 Å². The number of carbonyl (C=O) groups excluding carboxylic acids is 3. The molecule has 0 radical (unpaired) electrons. The van der Waals surface area contributed by atoms with Gasteiger partial charge in [0.05, 0.1) is 30.3 Å². The minimum Gasteiger partial charge on any atom is -0.490 e. The Kier molecular flexibility index (Phi) is 7.52. The van der Waals surface area contributed by atoms with E-state index in [-0.39, 0.29) is 11.5 Å². The third kappa shape index (κ3) is 5.28. The predicted molar refractivity (Wildman–Crippen MR) is 118 cm³/mol. The second-order valence-corrected chi connectivity index (χ2v) is 7.53. The van der Waals surface area contributed by atoms with E-state index in [1.807, 2.05) is 19.1 Å². The average molecular weight is 452 g/mol. The fourth-order valence-corrected chi connectivity index (χ4v) is 3.73. The minimum atomic E-state index is -0.674. The highest BCUT2D eigenvalue weighted by Crippen LogP contribution is 2.35. The number of thioether (sulfide) groups is 1. The molecule has 2 aromatic rings. The van der Waals surface area contributed by atoms with E-state index in [4.69, 9.17) is 9.47 Å². The summed E-state index contributed by atoms with van der Waals surface area (Å²) in [5.74, 6) is -0.288. The molecule has 0 spiro atoms. The number of amides is 2. The highest BCUT2D eigenvalue weighted by Gasteiger charge is 2.36. The number of carbonyl (C=O) groups is 3. The van der Waals surface area contributed by atoms with Crippen LogP contribution in [-0.4, -0.2) is 42.3 Å². The molecule has 0 atom stereocenters. The van der Waals surface area contributed by atoms with Crippen LogP contribution in [0.5, 0.6) is 11.5 Å². The normalized spacial score (nSPS) is 14.4. The lowest BCUT2D eigenvalue weighted by atomic mass is 10.1. The first-order chi connectivity index (χ1) is 15.5. The molecule has 9 heteroatoms. The number of methoxy groups -OCH3 is 1. The summed E-state index contributed by atoms with van der Waals surface area (Å²) in [6, 6.07) is 14.4. The third-order valence-corrected chi connectivity index (χ3v) is 5.38. The van der Waals surface area contributed by atoms with Crippen molar-refractivity contribution in [2.75, 3.05) is 20.3 Å². The number of nitriles is 1. The van der Waals surface area contributed by atoms with Crippen molar-refractivity contribution in [3.05, 3.63) is 64.1 Å². The molecule has 164 valence electrons. The number of imide groups is 1. The van der Waals surface area contributed by atoms with Crippen LogP contribution in [0.4, 0.5) is 4.79 Å². The van der Waals surface area contributed by atoms with Crippen LogP contribution in [0.3, 0.4) is 0 Å². The summed E-state index contributed by atoms with van der Waals surface area (Å²) in [4.78, 5) is 37.1. The molecule has 0 bridgehead atoms. The standard InChI is InChI=1S/C23H20N2O6S/c1-3-30-19-10-15(11-20-22(27)25(23(28)32-20)13-21(26)29-2)8-9-18(19)31-14-17-7-5-4-6-16(17)12-24/h4-11H,3,13-14H2,1-2H3/b20-11-. The van der Waals surface area contributed by atoms with Crippen molar-refractivity contribution in [2.24, 2.45) is 0 Å². The number of hydrogen-bond acceptors (Lipinski definition) is 8. The SMILES string of the molecule is CCOc1cc(/C=C2\SC(=O)N(CC(=O)OC)C2=O)ccc1OCc1ccccc1C#N. The van der Waals surface area contributed by atoms with Crippen molar-refractivity contribution < 1.29 is 28.6 Å². The van der Waals surface area contributed by atoms with Crippen molar-refractivity contribution >= 4 is 35.0 Å². The van der Waals surface area contributed by atoms with E-state index in [2.05, 4.69) is 10.8 Å². The van der Waals surface area contributed by atoms with Crippen LogP contribution in [0.2, 0.25) is 0 Å². The monoisotopic (exact) mass is 452 g/mol. The zero-order valence-electron chi connectivity index (χ0n) is 17.5. The van der Waals surface area contributed by atoms with Gasteiger partial charge in [0, 0.05) is 5.56 Å². The number of benzene rings is 2. The molecule has 1 heterocycles. The first-order valence-corrected chi connectivity index (χ1v) is 10.5. The zero-order valence-corrected chi connectivity index (χ0v) is 18.3. The number of rotatable bonds is 8. The molecule has 1 saturated heterocycles. The van der Waals surface area contributed by atoms with E-state index in [0.717, 1.165) is 22.2 Å². The molecule has 0 aliphatic carbocycles. The van der Waals surface area contributed by atoms with E-state index in [1.165, 1.54) is 7.11 Å². The maximum atomic E-state index is 12.5. The highest BCUT2D eigenvalue weighted by atomic mass is 32.2. The van der Waals surface area contributed by atoms with E-state index in [1.54, 1.807) is 36.4 Å². The molecule has 1 aliphatic heterocycles. The van der Waals surface area contributed by atoms with Gasteiger partial charge in [-0.25, -0.2) is 0 Å². The van der Waals surface area contributed by atoms with E-state index < -0.39 is 23.7 Å². The molecular weight excluding hydrogens is 432 g/mol. The summed E-state index contributed by atoms with van der Waals surface area (Å²) in [6.45, 7) is 1.99. The molecule has 3 rings (SSSR count). The molecule has 0 aromatic heterocycles. The average Bonchev–Trinajstić information content (AvgIpc) is 3.06. The Labute approximate surface area is 189 Å². The molecule has 1 aliphatic rings. The predicted octanol–water partition coefficient (Wildman–Crippen LogP) is 3.75. The molecule has 2 amide bonds. The largest absolute Gasteiger partial charge is 0.490 e. The Morgan fingerprint density at radius 3 is 2.66 bits per heavy atom. The van der Waals surface area contributed by atoms with Crippen molar-refractivity contribution in [2.45, 2.75) is 13.5 Å². The van der Waals surface area contributed by atoms with Crippen LogP contribution in [0.15, 0.2) is 47.4 Å². The Morgan fingerprint density at radius 2 is 1.94 bits per heavy atom. The molecule has 1 fully saturated rings. The van der Waals surface area contributed by atoms with Gasteiger partial charge in [-0.1, -0.05) is 24.3 Å². The van der Waals surface area contributed by atoms with E-state index >= 15 is 0 Å². The lowest BCUT2D eigenvalue weighted by Crippen LogP contribution is -2.34. The van der Waals surface area contributed by atoms with Crippen LogP contribution in [0.1, 0.15) is 23.6 Å². The number of esters is 1. The lowest BCUT2D eigenvalue weighted by Gasteiger charge is -2.13.